The fourth-order valence-electron chi connectivity index (χ4n) is 2.13. The topological polar surface area (TPSA) is 58.2 Å². The normalized spacial score (nSPS) is 21.8. The first-order valence-electron chi connectivity index (χ1n) is 5.59. The maximum absolute atomic E-state index is 11.2. The number of rotatable bonds is 2. The first-order chi connectivity index (χ1) is 7.70. The second kappa shape index (κ2) is 3.63. The Kier molecular flexibility index (Phi) is 2.61. The predicted molar refractivity (Wildman–Crippen MR) is 71.0 cm³/mol. The van der Waals surface area contributed by atoms with E-state index >= 15 is 0 Å². The summed E-state index contributed by atoms with van der Waals surface area (Å²) in [4.78, 5) is 0. The van der Waals surface area contributed by atoms with Crippen molar-refractivity contribution in [3.05, 3.63) is 23.8 Å². The number of benzene rings is 1. The van der Waals surface area contributed by atoms with Gasteiger partial charge in [-0.2, -0.15) is 0 Å². The average molecular weight is 254 g/mol. The van der Waals surface area contributed by atoms with Gasteiger partial charge in [-0.25, -0.2) is 8.42 Å². The third kappa shape index (κ3) is 2.24. The molecule has 4 nitrogen and oxygen atoms in total. The highest BCUT2D eigenvalue weighted by Gasteiger charge is 2.36. The summed E-state index contributed by atoms with van der Waals surface area (Å²) in [5.74, 6) is 0. The Bertz CT molecular complexity index is 550. The fourth-order valence-corrected chi connectivity index (χ4v) is 2.68. The highest BCUT2D eigenvalue weighted by Crippen LogP contribution is 2.41. The van der Waals surface area contributed by atoms with Crippen molar-refractivity contribution in [2.45, 2.75) is 32.2 Å². The lowest BCUT2D eigenvalue weighted by atomic mass is 9.81. The smallest absolute Gasteiger partial charge is 0.229 e. The quantitative estimate of drug-likeness (QED) is 0.850. The monoisotopic (exact) mass is 254 g/mol. The van der Waals surface area contributed by atoms with Crippen LogP contribution in [0.5, 0.6) is 0 Å². The molecule has 0 radical (unpaired) electrons. The molecule has 1 heterocycles. The van der Waals surface area contributed by atoms with Crippen molar-refractivity contribution in [2.24, 2.45) is 0 Å². The maximum atomic E-state index is 11.2. The summed E-state index contributed by atoms with van der Waals surface area (Å²) in [5, 5.41) is 3.40. The molecule has 2 N–H and O–H groups in total. The number of sulfonamides is 1. The van der Waals surface area contributed by atoms with Gasteiger partial charge < -0.3 is 5.32 Å². The van der Waals surface area contributed by atoms with Crippen LogP contribution < -0.4 is 10.0 Å². The molecule has 1 atom stereocenters. The van der Waals surface area contributed by atoms with E-state index in [0.717, 1.165) is 17.5 Å². The molecule has 0 saturated heterocycles. The molecule has 2 rings (SSSR count). The van der Waals surface area contributed by atoms with Crippen LogP contribution in [0.4, 0.5) is 11.4 Å². The van der Waals surface area contributed by atoms with Crippen LogP contribution in [0.25, 0.3) is 0 Å². The summed E-state index contributed by atoms with van der Waals surface area (Å²) in [6, 6.07) is 5.95. The van der Waals surface area contributed by atoms with Crippen LogP contribution in [-0.4, -0.2) is 20.7 Å². The minimum Gasteiger partial charge on any atom is -0.381 e. The van der Waals surface area contributed by atoms with Crippen molar-refractivity contribution >= 4 is 21.4 Å². The molecular weight excluding hydrogens is 236 g/mol. The van der Waals surface area contributed by atoms with Gasteiger partial charge >= 0.3 is 0 Å². The van der Waals surface area contributed by atoms with E-state index in [1.54, 1.807) is 6.07 Å². The zero-order valence-corrected chi connectivity index (χ0v) is 11.4. The molecule has 1 aromatic rings. The highest BCUT2D eigenvalue weighted by atomic mass is 32.2. The molecule has 0 amide bonds. The van der Waals surface area contributed by atoms with Crippen molar-refractivity contribution < 1.29 is 8.42 Å². The van der Waals surface area contributed by atoms with E-state index in [-0.39, 0.29) is 5.41 Å². The Hall–Kier alpha value is -1.23. The second-order valence-electron chi connectivity index (χ2n) is 5.22. The molecule has 1 aliphatic rings. The van der Waals surface area contributed by atoms with Crippen LogP contribution in [0.3, 0.4) is 0 Å². The van der Waals surface area contributed by atoms with Crippen molar-refractivity contribution in [1.82, 2.24) is 0 Å². The van der Waals surface area contributed by atoms with E-state index in [1.807, 2.05) is 12.1 Å². The predicted octanol–water partition coefficient (Wildman–Crippen LogP) is 2.15. The van der Waals surface area contributed by atoms with Gasteiger partial charge in [-0.1, -0.05) is 13.8 Å². The third-order valence-corrected chi connectivity index (χ3v) is 4.08. The molecule has 0 spiro atoms. The van der Waals surface area contributed by atoms with Gasteiger partial charge in [0.05, 0.1) is 6.26 Å². The van der Waals surface area contributed by atoms with Crippen LogP contribution in [0.2, 0.25) is 0 Å². The molecular formula is C12H18N2O2S. The first kappa shape index (κ1) is 12.2. The van der Waals surface area contributed by atoms with E-state index in [1.165, 1.54) is 0 Å². The largest absolute Gasteiger partial charge is 0.381 e. The third-order valence-electron chi connectivity index (χ3n) is 3.47. The van der Waals surface area contributed by atoms with Gasteiger partial charge in [0.2, 0.25) is 10.0 Å². The summed E-state index contributed by atoms with van der Waals surface area (Å²) in [6.07, 6.45) is 1.16. The molecule has 0 fully saturated rings. The summed E-state index contributed by atoms with van der Waals surface area (Å²) < 4.78 is 24.9. The Labute approximate surface area is 102 Å². The molecule has 1 aliphatic heterocycles. The van der Waals surface area contributed by atoms with Gasteiger partial charge in [0.1, 0.15) is 0 Å². The SMILES string of the molecule is CC1Nc2ccc(NS(C)(=O)=O)cc2C1(C)C. The summed E-state index contributed by atoms with van der Waals surface area (Å²) >= 11 is 0. The van der Waals surface area contributed by atoms with Gasteiger partial charge in [-0.05, 0) is 30.7 Å². The van der Waals surface area contributed by atoms with Crippen LogP contribution in [-0.2, 0) is 15.4 Å². The summed E-state index contributed by atoms with van der Waals surface area (Å²) in [7, 11) is -3.22. The number of anilines is 2. The van der Waals surface area contributed by atoms with Crippen molar-refractivity contribution in [3.8, 4) is 0 Å². The minimum absolute atomic E-state index is 0.00449. The molecule has 0 aliphatic carbocycles. The molecule has 94 valence electrons. The Morgan fingerprint density at radius 3 is 2.59 bits per heavy atom. The second-order valence-corrected chi connectivity index (χ2v) is 6.97. The van der Waals surface area contributed by atoms with Gasteiger partial charge in [-0.15, -0.1) is 0 Å². The Morgan fingerprint density at radius 1 is 1.35 bits per heavy atom. The van der Waals surface area contributed by atoms with Gasteiger partial charge in [0, 0.05) is 22.8 Å². The Morgan fingerprint density at radius 2 is 2.00 bits per heavy atom. The summed E-state index contributed by atoms with van der Waals surface area (Å²) in [6.45, 7) is 6.44. The van der Waals surface area contributed by atoms with Crippen molar-refractivity contribution in [3.63, 3.8) is 0 Å². The summed E-state index contributed by atoms with van der Waals surface area (Å²) in [5.41, 5.74) is 2.86. The van der Waals surface area contributed by atoms with Gasteiger partial charge in [-0.3, -0.25) is 4.72 Å². The molecule has 5 heteroatoms. The van der Waals surface area contributed by atoms with Gasteiger partial charge in [0.25, 0.3) is 0 Å². The lowest BCUT2D eigenvalue weighted by Gasteiger charge is -2.24. The lowest BCUT2D eigenvalue weighted by Crippen LogP contribution is -2.29. The average Bonchev–Trinajstić information content (AvgIpc) is 2.37. The lowest BCUT2D eigenvalue weighted by molar-refractivity contribution is 0.486. The molecule has 1 unspecified atom stereocenters. The van der Waals surface area contributed by atoms with Crippen molar-refractivity contribution in [1.29, 1.82) is 0 Å². The molecule has 17 heavy (non-hydrogen) atoms. The van der Waals surface area contributed by atoms with Crippen LogP contribution in [0.1, 0.15) is 26.3 Å². The number of hydrogen-bond donors (Lipinski definition) is 2. The van der Waals surface area contributed by atoms with E-state index in [0.29, 0.717) is 11.7 Å². The molecule has 0 bridgehead atoms. The minimum atomic E-state index is -3.22. The van der Waals surface area contributed by atoms with Gasteiger partial charge in [0.15, 0.2) is 0 Å². The van der Waals surface area contributed by atoms with Crippen molar-refractivity contribution in [2.75, 3.05) is 16.3 Å². The standard InChI is InChI=1S/C12H18N2O2S/c1-8-12(2,3)10-7-9(14-17(4,15)16)5-6-11(10)13-8/h5-8,13-14H,1-4H3. The van der Waals surface area contributed by atoms with Crippen LogP contribution in [0, 0.1) is 0 Å². The number of nitrogens with one attached hydrogen (secondary N) is 2. The maximum Gasteiger partial charge on any atom is 0.229 e. The van der Waals surface area contributed by atoms with E-state index in [4.69, 9.17) is 0 Å². The van der Waals surface area contributed by atoms with E-state index in [2.05, 4.69) is 30.8 Å². The molecule has 1 aromatic carbocycles. The fraction of sp³-hybridized carbons (Fsp3) is 0.500. The first-order valence-corrected chi connectivity index (χ1v) is 7.48. The van der Waals surface area contributed by atoms with E-state index in [9.17, 15) is 8.42 Å². The zero-order valence-electron chi connectivity index (χ0n) is 10.5. The zero-order chi connectivity index (χ0) is 12.8. The molecule has 0 saturated carbocycles. The molecule has 0 aromatic heterocycles. The highest BCUT2D eigenvalue weighted by molar-refractivity contribution is 7.92. The van der Waals surface area contributed by atoms with E-state index < -0.39 is 10.0 Å². The Balaban J connectivity index is 2.42. The van der Waals surface area contributed by atoms with Crippen LogP contribution in [0.15, 0.2) is 18.2 Å². The van der Waals surface area contributed by atoms with Crippen LogP contribution >= 0.6 is 0 Å². The number of hydrogen-bond acceptors (Lipinski definition) is 3. The number of fused-ring (bicyclic) bond motifs is 1.